The van der Waals surface area contributed by atoms with E-state index in [9.17, 15) is 13.2 Å². The van der Waals surface area contributed by atoms with E-state index in [2.05, 4.69) is 20.6 Å². The number of fused-ring (bicyclic) bond motifs is 3. The summed E-state index contributed by atoms with van der Waals surface area (Å²) in [5, 5.41) is 7.38. The van der Waals surface area contributed by atoms with Crippen LogP contribution in [0.2, 0.25) is 0 Å². The van der Waals surface area contributed by atoms with Gasteiger partial charge in [0.1, 0.15) is 18.2 Å². The maximum absolute atomic E-state index is 13.3. The van der Waals surface area contributed by atoms with Crippen LogP contribution in [0.4, 0.5) is 30.4 Å². The number of benzene rings is 2. The third-order valence-corrected chi connectivity index (χ3v) is 6.16. The standard InChI is InChI=1S/C24H25F3N6O/c1-12(14-8-15(24(25,26)27)10-16(28)9-14)30-22-19-11-20(33-23-29-6-7-34-23)17-4-3-5-18(17)21(19)31-13(2)32-22/h8-12H,3-7,28H2,1-2H3,(H,29,33)(H,30,31,32)/t12-/m1/s1. The molecule has 0 spiro atoms. The quantitative estimate of drug-likeness (QED) is 0.465. The van der Waals surface area contributed by atoms with E-state index in [1.807, 2.05) is 13.0 Å². The second-order valence-corrected chi connectivity index (χ2v) is 8.66. The first-order valence-electron chi connectivity index (χ1n) is 11.2. The van der Waals surface area contributed by atoms with E-state index >= 15 is 0 Å². The predicted molar refractivity (Wildman–Crippen MR) is 126 cm³/mol. The van der Waals surface area contributed by atoms with Crippen molar-refractivity contribution < 1.29 is 17.9 Å². The molecular formula is C24H25F3N6O. The largest absolute Gasteiger partial charge is 0.463 e. The Balaban J connectivity index is 1.57. The van der Waals surface area contributed by atoms with Crippen molar-refractivity contribution in [2.45, 2.75) is 45.3 Å². The first-order valence-corrected chi connectivity index (χ1v) is 11.2. The molecule has 4 N–H and O–H groups in total. The summed E-state index contributed by atoms with van der Waals surface area (Å²) in [7, 11) is 0. The summed E-state index contributed by atoms with van der Waals surface area (Å²) in [6.07, 6.45) is -1.65. The van der Waals surface area contributed by atoms with Crippen molar-refractivity contribution in [1.82, 2.24) is 9.97 Å². The van der Waals surface area contributed by atoms with E-state index in [0.717, 1.165) is 53.5 Å². The molecule has 0 saturated carbocycles. The lowest BCUT2D eigenvalue weighted by Gasteiger charge is -2.20. The second kappa shape index (κ2) is 8.34. The van der Waals surface area contributed by atoms with Gasteiger partial charge in [-0.1, -0.05) is 0 Å². The van der Waals surface area contributed by atoms with Crippen LogP contribution in [0.5, 0.6) is 0 Å². The molecule has 7 nitrogen and oxygen atoms in total. The molecule has 3 aromatic rings. The van der Waals surface area contributed by atoms with Gasteiger partial charge in [-0.15, -0.1) is 0 Å². The van der Waals surface area contributed by atoms with E-state index in [1.54, 1.807) is 13.0 Å². The number of halogens is 3. The van der Waals surface area contributed by atoms with E-state index in [-0.39, 0.29) is 5.69 Å². The second-order valence-electron chi connectivity index (χ2n) is 8.66. The van der Waals surface area contributed by atoms with Crippen LogP contribution in [0.1, 0.15) is 47.5 Å². The Morgan fingerprint density at radius 3 is 2.62 bits per heavy atom. The summed E-state index contributed by atoms with van der Waals surface area (Å²) in [6.45, 7) is 4.76. The number of nitrogens with zero attached hydrogens (tertiary/aromatic N) is 3. The first-order chi connectivity index (χ1) is 16.2. The van der Waals surface area contributed by atoms with Crippen LogP contribution in [0.15, 0.2) is 29.3 Å². The van der Waals surface area contributed by atoms with Crippen LogP contribution >= 0.6 is 0 Å². The Morgan fingerprint density at radius 2 is 1.88 bits per heavy atom. The number of nitrogen functional groups attached to an aromatic ring is 1. The number of hydrogen-bond acceptors (Lipinski definition) is 7. The summed E-state index contributed by atoms with van der Waals surface area (Å²) in [5.41, 5.74) is 9.58. The lowest BCUT2D eigenvalue weighted by Crippen LogP contribution is -2.15. The van der Waals surface area contributed by atoms with Crippen molar-refractivity contribution in [3.63, 3.8) is 0 Å². The molecule has 0 fully saturated rings. The average Bonchev–Trinajstić information content (AvgIpc) is 3.45. The monoisotopic (exact) mass is 470 g/mol. The molecule has 0 bridgehead atoms. The third kappa shape index (κ3) is 4.20. The van der Waals surface area contributed by atoms with Gasteiger partial charge in [-0.3, -0.25) is 0 Å². The lowest BCUT2D eigenvalue weighted by molar-refractivity contribution is -0.137. The summed E-state index contributed by atoms with van der Waals surface area (Å²) in [4.78, 5) is 13.6. The molecule has 1 atom stereocenters. The van der Waals surface area contributed by atoms with Crippen molar-refractivity contribution >= 4 is 34.1 Å². The summed E-state index contributed by atoms with van der Waals surface area (Å²) >= 11 is 0. The molecule has 0 saturated heterocycles. The van der Waals surface area contributed by atoms with Crippen LogP contribution in [0.25, 0.3) is 10.9 Å². The normalized spacial score (nSPS) is 16.2. The number of hydrogen-bond donors (Lipinski definition) is 3. The molecular weight excluding hydrogens is 445 g/mol. The van der Waals surface area contributed by atoms with Crippen LogP contribution in [-0.4, -0.2) is 29.1 Å². The Kier molecular flexibility index (Phi) is 5.45. The zero-order chi connectivity index (χ0) is 24.0. The number of anilines is 3. The highest BCUT2D eigenvalue weighted by atomic mass is 19.4. The lowest BCUT2D eigenvalue weighted by atomic mass is 10.0. The zero-order valence-corrected chi connectivity index (χ0v) is 18.9. The third-order valence-electron chi connectivity index (χ3n) is 6.16. The maximum atomic E-state index is 13.3. The topological polar surface area (TPSA) is 97.5 Å². The van der Waals surface area contributed by atoms with Gasteiger partial charge in [-0.05, 0) is 74.1 Å². The molecule has 178 valence electrons. The number of alkyl halides is 3. The van der Waals surface area contributed by atoms with Crippen molar-refractivity contribution in [3.05, 3.63) is 52.3 Å². The highest BCUT2D eigenvalue weighted by Crippen LogP contribution is 2.39. The molecule has 34 heavy (non-hydrogen) atoms. The fraction of sp³-hybridized carbons (Fsp3) is 0.375. The zero-order valence-electron chi connectivity index (χ0n) is 18.9. The first kappa shape index (κ1) is 22.2. The number of nitrogens with one attached hydrogen (secondary N) is 2. The van der Waals surface area contributed by atoms with Gasteiger partial charge in [-0.25, -0.2) is 15.0 Å². The molecule has 1 aromatic heterocycles. The summed E-state index contributed by atoms with van der Waals surface area (Å²) < 4.78 is 45.5. The minimum atomic E-state index is -4.48. The van der Waals surface area contributed by atoms with Gasteiger partial charge >= 0.3 is 6.18 Å². The van der Waals surface area contributed by atoms with E-state index < -0.39 is 17.8 Å². The molecule has 1 aliphatic heterocycles. The fourth-order valence-corrected chi connectivity index (χ4v) is 4.61. The maximum Gasteiger partial charge on any atom is 0.416 e. The van der Waals surface area contributed by atoms with E-state index in [4.69, 9.17) is 15.5 Å². The number of nitrogens with two attached hydrogens (primary N) is 1. The van der Waals surface area contributed by atoms with Crippen LogP contribution in [-0.2, 0) is 23.8 Å². The molecule has 0 unspecified atom stereocenters. The molecule has 0 amide bonds. The van der Waals surface area contributed by atoms with Crippen molar-refractivity contribution in [3.8, 4) is 0 Å². The number of ether oxygens (including phenoxy) is 1. The summed E-state index contributed by atoms with van der Waals surface area (Å²) in [5.74, 6) is 1.14. The van der Waals surface area contributed by atoms with E-state index in [1.165, 1.54) is 5.56 Å². The van der Waals surface area contributed by atoms with Gasteiger partial charge < -0.3 is 21.1 Å². The molecule has 0 radical (unpaired) electrons. The van der Waals surface area contributed by atoms with Crippen molar-refractivity contribution in [2.75, 3.05) is 29.5 Å². The molecule has 2 aliphatic rings. The van der Waals surface area contributed by atoms with Gasteiger partial charge in [0.05, 0.1) is 23.7 Å². The molecule has 10 heteroatoms. The Hall–Kier alpha value is -3.56. The number of aryl methyl sites for hydroxylation is 2. The highest BCUT2D eigenvalue weighted by Gasteiger charge is 2.31. The van der Waals surface area contributed by atoms with Crippen LogP contribution in [0, 0.1) is 6.92 Å². The van der Waals surface area contributed by atoms with Crippen LogP contribution < -0.4 is 16.4 Å². The molecule has 2 heterocycles. The Morgan fingerprint density at radius 1 is 1.09 bits per heavy atom. The van der Waals surface area contributed by atoms with Gasteiger partial charge in [0, 0.05) is 16.8 Å². The number of aliphatic imine (C=N–C) groups is 1. The smallest absolute Gasteiger partial charge is 0.416 e. The molecule has 2 aromatic carbocycles. The Labute approximate surface area is 194 Å². The predicted octanol–water partition coefficient (Wildman–Crippen LogP) is 5.00. The van der Waals surface area contributed by atoms with Crippen molar-refractivity contribution in [2.24, 2.45) is 4.99 Å². The fourth-order valence-electron chi connectivity index (χ4n) is 4.61. The average molecular weight is 470 g/mol. The molecule has 1 aliphatic carbocycles. The highest BCUT2D eigenvalue weighted by molar-refractivity contribution is 6.00. The molecule has 5 rings (SSSR count). The van der Waals surface area contributed by atoms with Gasteiger partial charge in [0.2, 0.25) is 0 Å². The Bertz CT molecular complexity index is 1300. The number of rotatable bonds is 4. The summed E-state index contributed by atoms with van der Waals surface area (Å²) in [6, 6.07) is 5.58. The number of aromatic nitrogens is 2. The van der Waals surface area contributed by atoms with E-state index in [0.29, 0.717) is 36.4 Å². The minimum absolute atomic E-state index is 0.0591. The SMILES string of the molecule is Cc1nc(N[C@H](C)c2cc(N)cc(C(F)(F)F)c2)c2cc(NC3=NCCO3)c3c(c2n1)CCC3. The van der Waals surface area contributed by atoms with Crippen molar-refractivity contribution in [1.29, 1.82) is 0 Å². The van der Waals surface area contributed by atoms with Crippen LogP contribution in [0.3, 0.4) is 0 Å². The van der Waals surface area contributed by atoms with Gasteiger partial charge in [-0.2, -0.15) is 13.2 Å². The minimum Gasteiger partial charge on any atom is -0.463 e. The van der Waals surface area contributed by atoms with Gasteiger partial charge in [0.25, 0.3) is 6.02 Å². The number of amidine groups is 1. The van der Waals surface area contributed by atoms with Gasteiger partial charge in [0.15, 0.2) is 0 Å².